The van der Waals surface area contributed by atoms with Gasteiger partial charge in [0.1, 0.15) is 17.5 Å². The molecule has 1 aliphatic carbocycles. The van der Waals surface area contributed by atoms with Crippen molar-refractivity contribution in [2.45, 2.75) is 65.2 Å². The van der Waals surface area contributed by atoms with Crippen LogP contribution in [-0.2, 0) is 20.8 Å². The molecule has 2 fully saturated rings. The minimum absolute atomic E-state index is 0.0207. The molecule has 2 aromatic rings. The summed E-state index contributed by atoms with van der Waals surface area (Å²) in [6.07, 6.45) is -0.863. The fourth-order valence-electron chi connectivity index (χ4n) is 5.51. The van der Waals surface area contributed by atoms with Crippen molar-refractivity contribution in [1.29, 1.82) is 0 Å². The Morgan fingerprint density at radius 2 is 1.77 bits per heavy atom. The fraction of sp³-hybridized carbons (Fsp3) is 0.481. The number of hydrogen-bond acceptors (Lipinski definition) is 5. The van der Waals surface area contributed by atoms with Crippen LogP contribution in [0.25, 0.3) is 0 Å². The van der Waals surface area contributed by atoms with Gasteiger partial charge in [-0.05, 0) is 67.9 Å². The number of rotatable bonds is 4. The quantitative estimate of drug-likeness (QED) is 0.443. The summed E-state index contributed by atoms with van der Waals surface area (Å²) in [5, 5.41) is 1.21. The molecule has 2 heterocycles. The molecule has 1 spiro atoms. The summed E-state index contributed by atoms with van der Waals surface area (Å²) in [5.74, 6) is 4.90. The van der Waals surface area contributed by atoms with Crippen LogP contribution in [-0.4, -0.2) is 40.4 Å². The van der Waals surface area contributed by atoms with E-state index in [2.05, 4.69) is 16.8 Å². The topological polar surface area (TPSA) is 67.3 Å². The molecule has 8 heteroatoms. The number of thiazole rings is 1. The van der Waals surface area contributed by atoms with Gasteiger partial charge in [0.25, 0.3) is 6.43 Å². The first kappa shape index (κ1) is 25.2. The molecule has 0 atom stereocenters. The maximum absolute atomic E-state index is 13.3. The smallest absolute Gasteiger partial charge is 0.289 e. The van der Waals surface area contributed by atoms with E-state index in [4.69, 9.17) is 0 Å². The Balaban J connectivity index is 1.42. The summed E-state index contributed by atoms with van der Waals surface area (Å²) in [6.45, 7) is 6.50. The number of amides is 1. The standard InChI is InChI=1S/C27H28F2N2O3S/c1-4-5-18-10-16(2)23(17(3)11-18)24-20(32)13-27(14-21(24)33)6-8-31(9-7-27)22(34)12-19-15-35-26(30-19)25(28)29/h10-11,15,24-25H,6-9,12-14H2,1-3H3. The van der Waals surface area contributed by atoms with Crippen molar-refractivity contribution in [3.63, 3.8) is 0 Å². The van der Waals surface area contributed by atoms with Gasteiger partial charge in [0.2, 0.25) is 5.91 Å². The van der Waals surface area contributed by atoms with Crippen molar-refractivity contribution < 1.29 is 23.2 Å². The zero-order chi connectivity index (χ0) is 25.3. The molecule has 0 unspecified atom stereocenters. The first-order chi connectivity index (χ1) is 16.6. The highest BCUT2D eigenvalue weighted by molar-refractivity contribution is 7.09. The van der Waals surface area contributed by atoms with Crippen LogP contribution in [0.1, 0.15) is 77.9 Å². The third kappa shape index (κ3) is 5.20. The molecule has 0 N–H and O–H groups in total. The van der Waals surface area contributed by atoms with Gasteiger partial charge in [-0.1, -0.05) is 5.92 Å². The van der Waals surface area contributed by atoms with Crippen LogP contribution in [0.3, 0.4) is 0 Å². The number of ketones is 2. The summed E-state index contributed by atoms with van der Waals surface area (Å²) in [7, 11) is 0. The number of Topliss-reactive ketones (excluding diaryl/α,β-unsaturated/α-hetero) is 2. The third-order valence-corrected chi connectivity index (χ3v) is 8.06. The van der Waals surface area contributed by atoms with Crippen molar-refractivity contribution >= 4 is 28.8 Å². The average molecular weight is 499 g/mol. The van der Waals surface area contributed by atoms with Gasteiger partial charge < -0.3 is 4.90 Å². The van der Waals surface area contributed by atoms with Crippen molar-refractivity contribution in [3.05, 3.63) is 50.5 Å². The maximum Gasteiger partial charge on any atom is 0.289 e. The largest absolute Gasteiger partial charge is 0.342 e. The second-order valence-corrected chi connectivity index (χ2v) is 10.5. The molecule has 1 saturated carbocycles. The number of hydrogen-bond donors (Lipinski definition) is 0. The summed E-state index contributed by atoms with van der Waals surface area (Å²) in [4.78, 5) is 44.8. The zero-order valence-electron chi connectivity index (χ0n) is 20.1. The van der Waals surface area contributed by atoms with Gasteiger partial charge in [0, 0.05) is 36.9 Å². The Labute approximate surface area is 207 Å². The average Bonchev–Trinajstić information content (AvgIpc) is 3.24. The van der Waals surface area contributed by atoms with Gasteiger partial charge >= 0.3 is 0 Å². The van der Waals surface area contributed by atoms with Crippen molar-refractivity contribution in [1.82, 2.24) is 9.88 Å². The Bertz CT molecular complexity index is 1190. The number of carbonyl (C=O) groups is 3. The molecule has 2 aliphatic rings. The molecule has 1 saturated heterocycles. The van der Waals surface area contributed by atoms with Gasteiger partial charge in [-0.3, -0.25) is 14.4 Å². The number of halogens is 2. The van der Waals surface area contributed by atoms with E-state index in [1.165, 1.54) is 5.38 Å². The lowest BCUT2D eigenvalue weighted by Gasteiger charge is -2.44. The minimum atomic E-state index is -2.64. The van der Waals surface area contributed by atoms with E-state index in [1.54, 1.807) is 11.8 Å². The summed E-state index contributed by atoms with van der Waals surface area (Å²) >= 11 is 0.854. The Kier molecular flexibility index (Phi) is 7.18. The number of aryl methyl sites for hydroxylation is 2. The van der Waals surface area contributed by atoms with Crippen LogP contribution in [0.5, 0.6) is 0 Å². The number of nitrogens with zero attached hydrogens (tertiary/aromatic N) is 2. The van der Waals surface area contributed by atoms with Gasteiger partial charge in [-0.25, -0.2) is 13.8 Å². The highest BCUT2D eigenvalue weighted by Crippen LogP contribution is 2.46. The first-order valence-corrected chi connectivity index (χ1v) is 12.6. The van der Waals surface area contributed by atoms with E-state index in [0.29, 0.717) is 44.5 Å². The van der Waals surface area contributed by atoms with Crippen LogP contribution >= 0.6 is 11.3 Å². The van der Waals surface area contributed by atoms with E-state index < -0.39 is 17.8 Å². The third-order valence-electron chi connectivity index (χ3n) is 7.16. The van der Waals surface area contributed by atoms with Crippen LogP contribution < -0.4 is 0 Å². The number of piperidine rings is 1. The van der Waals surface area contributed by atoms with Crippen LogP contribution in [0.15, 0.2) is 17.5 Å². The van der Waals surface area contributed by atoms with E-state index in [9.17, 15) is 23.2 Å². The number of benzene rings is 1. The molecule has 1 aliphatic heterocycles. The monoisotopic (exact) mass is 498 g/mol. The van der Waals surface area contributed by atoms with Crippen molar-refractivity contribution in [3.8, 4) is 11.8 Å². The zero-order valence-corrected chi connectivity index (χ0v) is 20.9. The number of carbonyl (C=O) groups excluding carboxylic acids is 3. The van der Waals surface area contributed by atoms with Crippen LogP contribution in [0, 0.1) is 31.1 Å². The maximum atomic E-state index is 13.3. The molecule has 35 heavy (non-hydrogen) atoms. The molecule has 0 bridgehead atoms. The second kappa shape index (κ2) is 9.98. The molecule has 1 amide bonds. The van der Waals surface area contributed by atoms with E-state index in [1.807, 2.05) is 26.0 Å². The summed E-state index contributed by atoms with van der Waals surface area (Å²) in [6, 6.07) is 3.86. The highest BCUT2D eigenvalue weighted by atomic mass is 32.1. The van der Waals surface area contributed by atoms with Crippen molar-refractivity contribution in [2.24, 2.45) is 5.41 Å². The SMILES string of the molecule is CC#Cc1cc(C)c(C2C(=O)CC3(CCN(C(=O)Cc4csc(C(F)F)n4)CC3)CC2=O)c(C)c1. The fourth-order valence-corrected chi connectivity index (χ4v) is 6.17. The summed E-state index contributed by atoms with van der Waals surface area (Å²) < 4.78 is 25.5. The second-order valence-electron chi connectivity index (χ2n) is 9.65. The molecular weight excluding hydrogens is 470 g/mol. The van der Waals surface area contributed by atoms with E-state index >= 15 is 0 Å². The predicted molar refractivity (Wildman–Crippen MR) is 129 cm³/mol. The lowest BCUT2D eigenvalue weighted by Crippen LogP contribution is -2.48. The first-order valence-electron chi connectivity index (χ1n) is 11.7. The number of likely N-dealkylation sites (tertiary alicyclic amines) is 1. The van der Waals surface area contributed by atoms with Crippen molar-refractivity contribution in [2.75, 3.05) is 13.1 Å². The molecule has 5 nitrogen and oxygen atoms in total. The van der Waals surface area contributed by atoms with Gasteiger partial charge in [-0.15, -0.1) is 17.3 Å². The number of aromatic nitrogens is 1. The molecular formula is C27H28F2N2O3S. The van der Waals surface area contributed by atoms with Gasteiger partial charge in [0.05, 0.1) is 12.1 Å². The lowest BCUT2D eigenvalue weighted by atomic mass is 9.62. The molecule has 4 rings (SSSR count). The summed E-state index contributed by atoms with van der Waals surface area (Å²) in [5.41, 5.74) is 3.42. The van der Waals surface area contributed by atoms with E-state index in [-0.39, 0.29) is 28.9 Å². The molecule has 0 radical (unpaired) electrons. The Hall–Kier alpha value is -2.92. The van der Waals surface area contributed by atoms with E-state index in [0.717, 1.165) is 33.6 Å². The van der Waals surface area contributed by atoms with Crippen LogP contribution in [0.2, 0.25) is 0 Å². The van der Waals surface area contributed by atoms with Crippen LogP contribution in [0.4, 0.5) is 8.78 Å². The molecule has 184 valence electrons. The van der Waals surface area contributed by atoms with Gasteiger partial charge in [0.15, 0.2) is 5.01 Å². The predicted octanol–water partition coefficient (Wildman–Crippen LogP) is 4.94. The highest BCUT2D eigenvalue weighted by Gasteiger charge is 2.47. The Morgan fingerprint density at radius 3 is 2.29 bits per heavy atom. The number of alkyl halides is 2. The molecule has 1 aromatic carbocycles. The lowest BCUT2D eigenvalue weighted by molar-refractivity contribution is -0.140. The van der Waals surface area contributed by atoms with Gasteiger partial charge in [-0.2, -0.15) is 0 Å². The normalized spacial score (nSPS) is 18.2. The Morgan fingerprint density at radius 1 is 1.17 bits per heavy atom. The molecule has 1 aromatic heterocycles. The minimum Gasteiger partial charge on any atom is -0.342 e.